The van der Waals surface area contributed by atoms with Crippen molar-refractivity contribution in [2.45, 2.75) is 51.1 Å². The van der Waals surface area contributed by atoms with Gasteiger partial charge in [0, 0.05) is 18.1 Å². The number of hydrogen-bond donors (Lipinski definition) is 1. The average Bonchev–Trinajstić information content (AvgIpc) is 2.78. The summed E-state index contributed by atoms with van der Waals surface area (Å²) in [6.07, 6.45) is 5.24. The zero-order valence-corrected chi connectivity index (χ0v) is 8.92. The van der Waals surface area contributed by atoms with E-state index in [4.69, 9.17) is 5.73 Å². The molecule has 1 aliphatic heterocycles. The summed E-state index contributed by atoms with van der Waals surface area (Å²) in [6, 6.07) is 0.745. The third kappa shape index (κ3) is 2.05. The maximum absolute atomic E-state index is 6.14. The van der Waals surface area contributed by atoms with Crippen molar-refractivity contribution in [1.29, 1.82) is 0 Å². The topological polar surface area (TPSA) is 29.3 Å². The minimum atomic E-state index is 0.200. The van der Waals surface area contributed by atoms with E-state index < -0.39 is 0 Å². The summed E-state index contributed by atoms with van der Waals surface area (Å²) < 4.78 is 0. The van der Waals surface area contributed by atoms with Gasteiger partial charge in [-0.05, 0) is 45.1 Å². The van der Waals surface area contributed by atoms with Gasteiger partial charge in [0.25, 0.3) is 0 Å². The van der Waals surface area contributed by atoms with E-state index in [-0.39, 0.29) is 5.54 Å². The Hall–Kier alpha value is -0.0800. The largest absolute Gasteiger partial charge is 0.324 e. The third-order valence-corrected chi connectivity index (χ3v) is 3.91. The number of rotatable bonds is 2. The van der Waals surface area contributed by atoms with Crippen LogP contribution in [0.3, 0.4) is 0 Å². The van der Waals surface area contributed by atoms with Gasteiger partial charge < -0.3 is 5.73 Å². The minimum Gasteiger partial charge on any atom is -0.324 e. The lowest BCUT2D eigenvalue weighted by Gasteiger charge is -2.39. The average molecular weight is 182 g/mol. The Bertz CT molecular complexity index is 187. The van der Waals surface area contributed by atoms with E-state index in [0.717, 1.165) is 18.5 Å². The highest BCUT2D eigenvalue weighted by atomic mass is 15.2. The summed E-state index contributed by atoms with van der Waals surface area (Å²) in [6.45, 7) is 7.13. The summed E-state index contributed by atoms with van der Waals surface area (Å²) in [5.41, 5.74) is 6.34. The van der Waals surface area contributed by atoms with Crippen LogP contribution in [0.4, 0.5) is 0 Å². The van der Waals surface area contributed by atoms with Crippen molar-refractivity contribution in [3.05, 3.63) is 0 Å². The lowest BCUT2D eigenvalue weighted by molar-refractivity contribution is 0.104. The second-order valence-corrected chi connectivity index (χ2v) is 5.19. The van der Waals surface area contributed by atoms with Gasteiger partial charge in [0.05, 0.1) is 0 Å². The highest BCUT2D eigenvalue weighted by molar-refractivity contribution is 5.02. The molecule has 2 unspecified atom stereocenters. The van der Waals surface area contributed by atoms with Gasteiger partial charge in [-0.1, -0.05) is 6.92 Å². The number of nitrogens with zero attached hydrogens (tertiary/aromatic N) is 1. The van der Waals surface area contributed by atoms with E-state index in [9.17, 15) is 0 Å². The van der Waals surface area contributed by atoms with Crippen LogP contribution in [0.25, 0.3) is 0 Å². The van der Waals surface area contributed by atoms with Gasteiger partial charge >= 0.3 is 0 Å². The van der Waals surface area contributed by atoms with Gasteiger partial charge in [-0.3, -0.25) is 4.90 Å². The van der Waals surface area contributed by atoms with Crippen LogP contribution in [-0.2, 0) is 0 Å². The van der Waals surface area contributed by atoms with Crippen molar-refractivity contribution in [1.82, 2.24) is 4.90 Å². The third-order valence-electron chi connectivity index (χ3n) is 3.91. The van der Waals surface area contributed by atoms with Crippen molar-refractivity contribution in [2.24, 2.45) is 11.7 Å². The summed E-state index contributed by atoms with van der Waals surface area (Å²) in [4.78, 5) is 2.60. The van der Waals surface area contributed by atoms with E-state index in [1.807, 2.05) is 0 Å². The van der Waals surface area contributed by atoms with Gasteiger partial charge in [0.1, 0.15) is 0 Å². The Balaban J connectivity index is 1.89. The molecule has 2 heteroatoms. The van der Waals surface area contributed by atoms with Crippen LogP contribution in [0.15, 0.2) is 0 Å². The van der Waals surface area contributed by atoms with E-state index in [0.29, 0.717) is 0 Å². The second kappa shape index (κ2) is 3.25. The summed E-state index contributed by atoms with van der Waals surface area (Å²) in [5.74, 6) is 0.857. The number of hydrogen-bond acceptors (Lipinski definition) is 2. The first-order valence-corrected chi connectivity index (χ1v) is 5.64. The van der Waals surface area contributed by atoms with Gasteiger partial charge in [-0.15, -0.1) is 0 Å². The number of nitrogens with two attached hydrogens (primary N) is 1. The summed E-state index contributed by atoms with van der Waals surface area (Å²) in [5, 5.41) is 0. The van der Waals surface area contributed by atoms with Crippen molar-refractivity contribution in [2.75, 3.05) is 13.1 Å². The molecule has 0 aromatic heterocycles. The first-order valence-electron chi connectivity index (χ1n) is 5.64. The maximum Gasteiger partial charge on any atom is 0.0284 e. The molecule has 2 atom stereocenters. The number of piperidine rings is 1. The van der Waals surface area contributed by atoms with E-state index >= 15 is 0 Å². The standard InChI is InChI=1S/C11H22N2/c1-9-4-3-7-13(10(9)2)8-11(12)5-6-11/h9-10H,3-8,12H2,1-2H3. The molecular weight excluding hydrogens is 160 g/mol. The molecule has 2 fully saturated rings. The molecule has 2 N–H and O–H groups in total. The van der Waals surface area contributed by atoms with E-state index in [1.54, 1.807) is 0 Å². The normalized spacial score (nSPS) is 39.0. The van der Waals surface area contributed by atoms with Crippen LogP contribution < -0.4 is 5.73 Å². The van der Waals surface area contributed by atoms with E-state index in [2.05, 4.69) is 18.7 Å². The molecule has 0 radical (unpaired) electrons. The molecule has 0 aromatic carbocycles. The Morgan fingerprint density at radius 1 is 1.38 bits per heavy atom. The molecule has 0 spiro atoms. The molecule has 2 aliphatic rings. The monoisotopic (exact) mass is 182 g/mol. The molecule has 1 saturated carbocycles. The molecule has 1 aliphatic carbocycles. The highest BCUT2D eigenvalue weighted by Crippen LogP contribution is 2.35. The van der Waals surface area contributed by atoms with Crippen molar-refractivity contribution >= 4 is 0 Å². The van der Waals surface area contributed by atoms with E-state index in [1.165, 1.54) is 32.2 Å². The Morgan fingerprint density at radius 2 is 2.08 bits per heavy atom. The molecule has 1 heterocycles. The summed E-state index contributed by atoms with van der Waals surface area (Å²) >= 11 is 0. The SMILES string of the molecule is CC1CCCN(CC2(N)CC2)C1C. The Labute approximate surface area is 81.5 Å². The molecule has 0 bridgehead atoms. The highest BCUT2D eigenvalue weighted by Gasteiger charge is 2.41. The van der Waals surface area contributed by atoms with Crippen LogP contribution in [0.5, 0.6) is 0 Å². The molecule has 76 valence electrons. The zero-order valence-electron chi connectivity index (χ0n) is 8.92. The van der Waals surface area contributed by atoms with Crippen molar-refractivity contribution in [3.8, 4) is 0 Å². The quantitative estimate of drug-likeness (QED) is 0.703. The predicted molar refractivity (Wildman–Crippen MR) is 55.6 cm³/mol. The predicted octanol–water partition coefficient (Wildman–Crippen LogP) is 1.60. The number of likely N-dealkylation sites (tertiary alicyclic amines) is 1. The van der Waals surface area contributed by atoms with Gasteiger partial charge in [0.15, 0.2) is 0 Å². The lowest BCUT2D eigenvalue weighted by Crippen LogP contribution is -2.48. The molecule has 0 aromatic rings. The van der Waals surface area contributed by atoms with Crippen LogP contribution in [0.1, 0.15) is 39.5 Å². The van der Waals surface area contributed by atoms with Crippen LogP contribution in [0, 0.1) is 5.92 Å². The fourth-order valence-corrected chi connectivity index (χ4v) is 2.37. The zero-order chi connectivity index (χ0) is 9.47. The smallest absolute Gasteiger partial charge is 0.0284 e. The molecule has 1 saturated heterocycles. The van der Waals surface area contributed by atoms with Gasteiger partial charge in [0.2, 0.25) is 0 Å². The van der Waals surface area contributed by atoms with Gasteiger partial charge in [-0.2, -0.15) is 0 Å². The Kier molecular flexibility index (Phi) is 2.37. The summed E-state index contributed by atoms with van der Waals surface area (Å²) in [7, 11) is 0. The van der Waals surface area contributed by atoms with Gasteiger partial charge in [-0.25, -0.2) is 0 Å². The molecule has 13 heavy (non-hydrogen) atoms. The van der Waals surface area contributed by atoms with Crippen LogP contribution in [-0.4, -0.2) is 29.6 Å². The first-order chi connectivity index (χ1) is 6.11. The molecular formula is C11H22N2. The Morgan fingerprint density at radius 3 is 2.69 bits per heavy atom. The lowest BCUT2D eigenvalue weighted by atomic mass is 9.91. The van der Waals surface area contributed by atoms with Crippen LogP contribution in [0.2, 0.25) is 0 Å². The molecule has 0 amide bonds. The first kappa shape index (κ1) is 9.47. The minimum absolute atomic E-state index is 0.200. The molecule has 2 nitrogen and oxygen atoms in total. The van der Waals surface area contributed by atoms with Crippen molar-refractivity contribution in [3.63, 3.8) is 0 Å². The molecule has 2 rings (SSSR count). The second-order valence-electron chi connectivity index (χ2n) is 5.19. The fraction of sp³-hybridized carbons (Fsp3) is 1.00. The van der Waals surface area contributed by atoms with Crippen molar-refractivity contribution < 1.29 is 0 Å². The fourth-order valence-electron chi connectivity index (χ4n) is 2.37. The van der Waals surface area contributed by atoms with Crippen LogP contribution >= 0.6 is 0 Å². The maximum atomic E-state index is 6.14.